The monoisotopic (exact) mass is 451 g/mol. The second-order valence-electron chi connectivity index (χ2n) is 9.03. The van der Waals surface area contributed by atoms with Crippen LogP contribution in [0.1, 0.15) is 35.1 Å². The number of ketones is 1. The second kappa shape index (κ2) is 8.46. The molecule has 0 atom stereocenters. The average Bonchev–Trinajstić information content (AvgIpc) is 3.54. The van der Waals surface area contributed by atoms with Crippen molar-refractivity contribution in [3.63, 3.8) is 0 Å². The van der Waals surface area contributed by atoms with Crippen LogP contribution in [0.5, 0.6) is 0 Å². The number of benzene rings is 1. The van der Waals surface area contributed by atoms with Crippen molar-refractivity contribution in [2.24, 2.45) is 0 Å². The number of nitrogens with one attached hydrogen (secondary N) is 1. The Morgan fingerprint density at radius 1 is 1.12 bits per heavy atom. The lowest BCUT2D eigenvalue weighted by molar-refractivity contribution is 0.0990. The number of fused-ring (bicyclic) bond motifs is 2. The summed E-state index contributed by atoms with van der Waals surface area (Å²) in [4.78, 5) is 32.0. The molecule has 0 radical (unpaired) electrons. The topological polar surface area (TPSA) is 92.6 Å². The first-order valence-corrected chi connectivity index (χ1v) is 11.6. The van der Waals surface area contributed by atoms with E-state index in [1.165, 1.54) is 0 Å². The van der Waals surface area contributed by atoms with Crippen molar-refractivity contribution < 1.29 is 4.79 Å². The maximum Gasteiger partial charge on any atom is 0.173 e. The Hall–Kier alpha value is -3.91. The van der Waals surface area contributed by atoms with Gasteiger partial charge in [-0.3, -0.25) is 14.5 Å². The van der Waals surface area contributed by atoms with Crippen LogP contribution in [-0.4, -0.2) is 60.5 Å². The first-order chi connectivity index (χ1) is 16.6. The van der Waals surface area contributed by atoms with E-state index in [1.54, 1.807) is 12.4 Å². The molecule has 0 spiro atoms. The number of aromatic nitrogens is 6. The molecule has 5 heterocycles. The predicted octanol–water partition coefficient (Wildman–Crippen LogP) is 4.06. The van der Waals surface area contributed by atoms with Gasteiger partial charge < -0.3 is 9.88 Å². The van der Waals surface area contributed by atoms with Gasteiger partial charge in [-0.05, 0) is 50.7 Å². The summed E-state index contributed by atoms with van der Waals surface area (Å²) < 4.78 is 1.95. The summed E-state index contributed by atoms with van der Waals surface area (Å²) in [5.74, 6) is 0.496. The van der Waals surface area contributed by atoms with Crippen LogP contribution in [0.3, 0.4) is 0 Å². The van der Waals surface area contributed by atoms with Gasteiger partial charge in [0.2, 0.25) is 0 Å². The molecule has 8 nitrogen and oxygen atoms in total. The molecule has 0 aliphatic carbocycles. The van der Waals surface area contributed by atoms with E-state index in [9.17, 15) is 4.79 Å². The Balaban J connectivity index is 1.24. The maximum absolute atomic E-state index is 13.0. The molecular weight excluding hydrogens is 426 g/mol. The zero-order valence-electron chi connectivity index (χ0n) is 19.0. The second-order valence-corrected chi connectivity index (χ2v) is 9.03. The number of carbonyl (C=O) groups is 1. The number of hydrogen-bond acceptors (Lipinski definition) is 6. The number of hydrogen-bond donors (Lipinski definition) is 1. The average molecular weight is 452 g/mol. The van der Waals surface area contributed by atoms with Crippen molar-refractivity contribution in [1.29, 1.82) is 0 Å². The summed E-state index contributed by atoms with van der Waals surface area (Å²) >= 11 is 0. The number of piperidine rings is 1. The maximum atomic E-state index is 13.0. The van der Waals surface area contributed by atoms with Crippen molar-refractivity contribution >= 4 is 27.6 Å². The lowest BCUT2D eigenvalue weighted by atomic mass is 10.0. The highest BCUT2D eigenvalue weighted by molar-refractivity contribution is 5.98. The number of carbonyl (C=O) groups excluding carboxylic acids is 1. The molecule has 4 aromatic heterocycles. The molecule has 0 bridgehead atoms. The zero-order chi connectivity index (χ0) is 23.1. The van der Waals surface area contributed by atoms with Crippen LogP contribution in [-0.2, 0) is 6.42 Å². The van der Waals surface area contributed by atoms with Crippen LogP contribution < -0.4 is 0 Å². The van der Waals surface area contributed by atoms with E-state index in [2.05, 4.69) is 38.1 Å². The van der Waals surface area contributed by atoms with Gasteiger partial charge >= 0.3 is 0 Å². The Morgan fingerprint density at radius 2 is 2.00 bits per heavy atom. The fraction of sp³-hybridized carbons (Fsp3) is 0.269. The Labute approximate surface area is 196 Å². The summed E-state index contributed by atoms with van der Waals surface area (Å²) in [6.45, 7) is 2.10. The van der Waals surface area contributed by atoms with Gasteiger partial charge in [0, 0.05) is 41.1 Å². The number of pyridine rings is 1. The summed E-state index contributed by atoms with van der Waals surface area (Å²) in [6.07, 6.45) is 13.2. The summed E-state index contributed by atoms with van der Waals surface area (Å²) in [5, 5.41) is 6.52. The van der Waals surface area contributed by atoms with E-state index >= 15 is 0 Å². The van der Waals surface area contributed by atoms with Crippen molar-refractivity contribution in [2.45, 2.75) is 25.3 Å². The van der Waals surface area contributed by atoms with Crippen molar-refractivity contribution in [3.05, 3.63) is 72.8 Å². The number of aromatic amines is 1. The molecular formula is C26H25N7O. The first kappa shape index (κ1) is 20.7. The third-order valence-corrected chi connectivity index (χ3v) is 6.72. The number of Topliss-reactive ketones (excluding diaryl/α,β-unsaturated/α-hetero) is 1. The third-order valence-electron chi connectivity index (χ3n) is 6.72. The Morgan fingerprint density at radius 3 is 2.88 bits per heavy atom. The van der Waals surface area contributed by atoms with Gasteiger partial charge in [0.05, 0.1) is 41.5 Å². The minimum absolute atomic E-state index is 0.0176. The lowest BCUT2D eigenvalue weighted by Crippen LogP contribution is -2.31. The smallest absolute Gasteiger partial charge is 0.173 e. The molecule has 34 heavy (non-hydrogen) atoms. The molecule has 0 unspecified atom stereocenters. The molecule has 1 saturated heterocycles. The van der Waals surface area contributed by atoms with Crippen LogP contribution in [0.2, 0.25) is 0 Å². The number of nitrogens with zero attached hydrogens (tertiary/aromatic N) is 6. The normalized spacial score (nSPS) is 15.3. The number of rotatable bonds is 5. The van der Waals surface area contributed by atoms with E-state index in [-0.39, 0.29) is 12.2 Å². The third kappa shape index (κ3) is 3.86. The van der Waals surface area contributed by atoms with Gasteiger partial charge in [0.25, 0.3) is 0 Å². The quantitative estimate of drug-likeness (QED) is 0.405. The molecule has 0 saturated carbocycles. The van der Waals surface area contributed by atoms with Crippen molar-refractivity contribution in [2.75, 3.05) is 20.1 Å². The van der Waals surface area contributed by atoms with Crippen LogP contribution in [0.25, 0.3) is 32.9 Å². The molecule has 170 valence electrons. The molecule has 1 aliphatic heterocycles. The Kier molecular flexibility index (Phi) is 5.15. The fourth-order valence-electron chi connectivity index (χ4n) is 4.71. The van der Waals surface area contributed by atoms with E-state index < -0.39 is 0 Å². The van der Waals surface area contributed by atoms with Crippen LogP contribution in [0, 0.1) is 0 Å². The molecule has 1 aliphatic rings. The molecule has 1 fully saturated rings. The summed E-state index contributed by atoms with van der Waals surface area (Å²) in [5.41, 5.74) is 4.48. The minimum atomic E-state index is -0.0176. The molecule has 5 aromatic rings. The molecule has 1 aromatic carbocycles. The first-order valence-electron chi connectivity index (χ1n) is 11.6. The van der Waals surface area contributed by atoms with Crippen molar-refractivity contribution in [3.8, 4) is 11.1 Å². The summed E-state index contributed by atoms with van der Waals surface area (Å²) in [6, 6.07) is 8.50. The molecule has 6 rings (SSSR count). The van der Waals surface area contributed by atoms with Gasteiger partial charge in [-0.2, -0.15) is 5.10 Å². The van der Waals surface area contributed by atoms with Gasteiger partial charge in [-0.15, -0.1) is 0 Å². The highest BCUT2D eigenvalue weighted by Gasteiger charge is 2.20. The van der Waals surface area contributed by atoms with Gasteiger partial charge in [-0.1, -0.05) is 12.1 Å². The zero-order valence-corrected chi connectivity index (χ0v) is 19.0. The van der Waals surface area contributed by atoms with E-state index in [0.29, 0.717) is 17.4 Å². The van der Waals surface area contributed by atoms with Crippen LogP contribution >= 0.6 is 0 Å². The number of H-pyrrole nitrogens is 1. The van der Waals surface area contributed by atoms with Gasteiger partial charge in [-0.25, -0.2) is 9.97 Å². The van der Waals surface area contributed by atoms with E-state index in [0.717, 1.165) is 58.9 Å². The standard InChI is InChI=1S/C26H25N7O/c1-32-8-5-20(6-9-32)33-16-19(13-30-33)25(34)11-26-29-12-18-3-2-17(10-23(18)31-26)22-14-27-15-24-21(22)4-7-28-24/h2-4,7,10,12-16,20,28H,5-6,8-9,11H2,1H3. The number of likely N-dealkylation sites (tertiary alicyclic amines) is 1. The lowest BCUT2D eigenvalue weighted by Gasteiger charge is -2.28. The largest absolute Gasteiger partial charge is 0.360 e. The highest BCUT2D eigenvalue weighted by Crippen LogP contribution is 2.29. The molecule has 1 N–H and O–H groups in total. The minimum Gasteiger partial charge on any atom is -0.360 e. The van der Waals surface area contributed by atoms with Gasteiger partial charge in [0.15, 0.2) is 5.78 Å². The van der Waals surface area contributed by atoms with E-state index in [4.69, 9.17) is 4.98 Å². The summed E-state index contributed by atoms with van der Waals surface area (Å²) in [7, 11) is 2.14. The molecule has 8 heteroatoms. The van der Waals surface area contributed by atoms with Crippen molar-refractivity contribution in [1.82, 2.24) is 34.6 Å². The van der Waals surface area contributed by atoms with Gasteiger partial charge in [0.1, 0.15) is 5.82 Å². The Bertz CT molecular complexity index is 1490. The highest BCUT2D eigenvalue weighted by atomic mass is 16.1. The SMILES string of the molecule is CN1CCC(n2cc(C(=O)Cc3ncc4ccc(-c5cncc6[nH]ccc56)cc4n3)cn2)CC1. The predicted molar refractivity (Wildman–Crippen MR) is 131 cm³/mol. The van der Waals surface area contributed by atoms with E-state index in [1.807, 2.05) is 47.7 Å². The van der Waals surface area contributed by atoms with Crippen LogP contribution in [0.15, 0.2) is 61.4 Å². The molecule has 0 amide bonds. The van der Waals surface area contributed by atoms with Crippen LogP contribution in [0.4, 0.5) is 0 Å². The fourth-order valence-corrected chi connectivity index (χ4v) is 4.71.